The van der Waals surface area contributed by atoms with E-state index in [4.69, 9.17) is 4.84 Å². The van der Waals surface area contributed by atoms with E-state index in [1.807, 2.05) is 0 Å². The number of rotatable bonds is 7. The summed E-state index contributed by atoms with van der Waals surface area (Å²) in [4.78, 5) is 5.08. The van der Waals surface area contributed by atoms with E-state index in [0.717, 1.165) is 19.6 Å². The molecule has 0 spiro atoms. The predicted molar refractivity (Wildman–Crippen MR) is 43.8 cm³/mol. The molecule has 62 valence electrons. The first-order valence-electron chi connectivity index (χ1n) is 4.26. The summed E-state index contributed by atoms with van der Waals surface area (Å²) in [7, 11) is 0. The van der Waals surface area contributed by atoms with Crippen LogP contribution in [0.5, 0.6) is 0 Å². The van der Waals surface area contributed by atoms with E-state index >= 15 is 0 Å². The van der Waals surface area contributed by atoms with Crippen LogP contribution >= 0.6 is 0 Å². The maximum Gasteiger partial charge on any atom is 0.0679 e. The van der Waals surface area contributed by atoms with Crippen molar-refractivity contribution in [3.8, 4) is 0 Å². The van der Waals surface area contributed by atoms with Crippen molar-refractivity contribution in [3.63, 3.8) is 0 Å². The number of nitrogens with one attached hydrogen (secondary N) is 1. The first kappa shape index (κ1) is 9.92. The average molecular weight is 145 g/mol. The Hall–Kier alpha value is -0.0800. The Bertz CT molecular complexity index is 49.2. The zero-order valence-corrected chi connectivity index (χ0v) is 7.15. The predicted octanol–water partition coefficient (Wildman–Crippen LogP) is 2.11. The lowest BCUT2D eigenvalue weighted by molar-refractivity contribution is 0.0408. The third-order valence-electron chi connectivity index (χ3n) is 1.29. The van der Waals surface area contributed by atoms with Crippen LogP contribution in [0.25, 0.3) is 0 Å². The molecule has 0 saturated carbocycles. The molecule has 0 aliphatic carbocycles. The molecule has 0 bridgehead atoms. The van der Waals surface area contributed by atoms with Crippen LogP contribution in [0.2, 0.25) is 0 Å². The summed E-state index contributed by atoms with van der Waals surface area (Å²) in [5, 5.41) is 0. The molecule has 10 heavy (non-hydrogen) atoms. The van der Waals surface area contributed by atoms with Crippen molar-refractivity contribution < 1.29 is 4.84 Å². The van der Waals surface area contributed by atoms with Gasteiger partial charge in [-0.15, -0.1) is 0 Å². The van der Waals surface area contributed by atoms with Crippen LogP contribution in [0.1, 0.15) is 39.5 Å². The molecule has 0 fully saturated rings. The van der Waals surface area contributed by atoms with E-state index in [1.165, 1.54) is 19.3 Å². The maximum absolute atomic E-state index is 5.08. The number of hydroxylamine groups is 1. The molecule has 0 radical (unpaired) electrons. The molecule has 0 aliphatic rings. The highest BCUT2D eigenvalue weighted by atomic mass is 16.6. The first-order valence-corrected chi connectivity index (χ1v) is 4.26. The molecular formula is C8H19NO. The maximum atomic E-state index is 5.08. The van der Waals surface area contributed by atoms with Gasteiger partial charge in [0.1, 0.15) is 0 Å². The fourth-order valence-electron chi connectivity index (χ4n) is 0.694. The van der Waals surface area contributed by atoms with Crippen LogP contribution in [0.3, 0.4) is 0 Å². The largest absolute Gasteiger partial charge is 0.302 e. The molecule has 0 aromatic rings. The highest BCUT2D eigenvalue weighted by Crippen LogP contribution is 1.90. The summed E-state index contributed by atoms with van der Waals surface area (Å²) in [6.45, 7) is 6.13. The summed E-state index contributed by atoms with van der Waals surface area (Å²) in [6.07, 6.45) is 4.87. The Labute approximate surface area is 63.9 Å². The lowest BCUT2D eigenvalue weighted by atomic mass is 10.3. The summed E-state index contributed by atoms with van der Waals surface area (Å²) >= 11 is 0. The van der Waals surface area contributed by atoms with Crippen LogP contribution < -0.4 is 5.48 Å². The molecule has 2 nitrogen and oxygen atoms in total. The van der Waals surface area contributed by atoms with Crippen LogP contribution in [0.15, 0.2) is 0 Å². The van der Waals surface area contributed by atoms with E-state index in [9.17, 15) is 0 Å². The third kappa shape index (κ3) is 7.92. The van der Waals surface area contributed by atoms with E-state index in [1.54, 1.807) is 0 Å². The standard InChI is InChI=1S/C8H19NO/c1-3-5-6-7-9-10-8-4-2/h9H,3-8H2,1-2H3. The van der Waals surface area contributed by atoms with Gasteiger partial charge in [0.2, 0.25) is 0 Å². The van der Waals surface area contributed by atoms with E-state index < -0.39 is 0 Å². The minimum Gasteiger partial charge on any atom is -0.302 e. The third-order valence-corrected chi connectivity index (χ3v) is 1.29. The Balaban J connectivity index is 2.65. The van der Waals surface area contributed by atoms with Crippen molar-refractivity contribution in [1.82, 2.24) is 5.48 Å². The second-order valence-corrected chi connectivity index (χ2v) is 2.45. The van der Waals surface area contributed by atoms with E-state index in [-0.39, 0.29) is 0 Å². The molecule has 0 heterocycles. The molecule has 0 aliphatic heterocycles. The first-order chi connectivity index (χ1) is 4.91. The van der Waals surface area contributed by atoms with Crippen molar-refractivity contribution >= 4 is 0 Å². The quantitative estimate of drug-likeness (QED) is 0.437. The fraction of sp³-hybridized carbons (Fsp3) is 1.00. The summed E-state index contributed by atoms with van der Waals surface area (Å²) < 4.78 is 0. The highest BCUT2D eigenvalue weighted by Gasteiger charge is 1.85. The number of hydrogen-bond donors (Lipinski definition) is 1. The highest BCUT2D eigenvalue weighted by molar-refractivity contribution is 4.37. The molecule has 0 aromatic heterocycles. The molecule has 0 saturated heterocycles. The molecule has 1 N–H and O–H groups in total. The number of hydrogen-bond acceptors (Lipinski definition) is 2. The minimum atomic E-state index is 0.826. The Morgan fingerprint density at radius 1 is 1.10 bits per heavy atom. The van der Waals surface area contributed by atoms with Crippen LogP contribution in [0.4, 0.5) is 0 Å². The Morgan fingerprint density at radius 2 is 1.90 bits per heavy atom. The molecule has 0 amide bonds. The normalized spacial score (nSPS) is 10.2. The topological polar surface area (TPSA) is 21.3 Å². The van der Waals surface area contributed by atoms with Gasteiger partial charge in [0.25, 0.3) is 0 Å². The Morgan fingerprint density at radius 3 is 2.50 bits per heavy atom. The van der Waals surface area contributed by atoms with Gasteiger partial charge < -0.3 is 4.84 Å². The van der Waals surface area contributed by atoms with Gasteiger partial charge in [-0.25, -0.2) is 5.48 Å². The molecule has 0 unspecified atom stereocenters. The van der Waals surface area contributed by atoms with Crippen molar-refractivity contribution in [1.29, 1.82) is 0 Å². The van der Waals surface area contributed by atoms with Crippen molar-refractivity contribution in [3.05, 3.63) is 0 Å². The van der Waals surface area contributed by atoms with Crippen molar-refractivity contribution in [2.75, 3.05) is 13.2 Å². The van der Waals surface area contributed by atoms with Crippen LogP contribution in [0, 0.1) is 0 Å². The molecule has 0 aromatic carbocycles. The smallest absolute Gasteiger partial charge is 0.0679 e. The van der Waals surface area contributed by atoms with Gasteiger partial charge in [-0.2, -0.15) is 0 Å². The lowest BCUT2D eigenvalue weighted by Crippen LogP contribution is -2.16. The van der Waals surface area contributed by atoms with Crippen LogP contribution in [-0.2, 0) is 4.84 Å². The van der Waals surface area contributed by atoms with Gasteiger partial charge in [-0.05, 0) is 12.8 Å². The summed E-state index contributed by atoms with van der Waals surface area (Å²) in [5.74, 6) is 0. The van der Waals surface area contributed by atoms with E-state index in [0.29, 0.717) is 0 Å². The van der Waals surface area contributed by atoms with Crippen molar-refractivity contribution in [2.24, 2.45) is 0 Å². The molecule has 2 heteroatoms. The van der Waals surface area contributed by atoms with Gasteiger partial charge in [0, 0.05) is 6.54 Å². The average Bonchev–Trinajstić information content (AvgIpc) is 1.97. The van der Waals surface area contributed by atoms with Gasteiger partial charge in [0.15, 0.2) is 0 Å². The molecular weight excluding hydrogens is 126 g/mol. The van der Waals surface area contributed by atoms with E-state index in [2.05, 4.69) is 19.3 Å². The van der Waals surface area contributed by atoms with Gasteiger partial charge in [0.05, 0.1) is 6.61 Å². The van der Waals surface area contributed by atoms with Gasteiger partial charge in [-0.3, -0.25) is 0 Å². The number of unbranched alkanes of at least 4 members (excludes halogenated alkanes) is 2. The molecule has 0 atom stereocenters. The second kappa shape index (κ2) is 8.92. The van der Waals surface area contributed by atoms with Crippen molar-refractivity contribution in [2.45, 2.75) is 39.5 Å². The zero-order chi connectivity index (χ0) is 7.66. The SMILES string of the molecule is CCCCCNOCCC. The zero-order valence-electron chi connectivity index (χ0n) is 7.15. The fourth-order valence-corrected chi connectivity index (χ4v) is 0.694. The minimum absolute atomic E-state index is 0.826. The lowest BCUT2D eigenvalue weighted by Gasteiger charge is -2.02. The monoisotopic (exact) mass is 145 g/mol. The Kier molecular flexibility index (Phi) is 8.85. The van der Waals surface area contributed by atoms with Gasteiger partial charge >= 0.3 is 0 Å². The summed E-state index contributed by atoms with van der Waals surface area (Å²) in [6, 6.07) is 0. The summed E-state index contributed by atoms with van der Waals surface area (Å²) in [5.41, 5.74) is 2.92. The van der Waals surface area contributed by atoms with Gasteiger partial charge in [-0.1, -0.05) is 26.7 Å². The molecule has 0 rings (SSSR count). The second-order valence-electron chi connectivity index (χ2n) is 2.45. The van der Waals surface area contributed by atoms with Crippen LogP contribution in [-0.4, -0.2) is 13.2 Å².